The van der Waals surface area contributed by atoms with Crippen LogP contribution in [0.1, 0.15) is 25.3 Å². The molecule has 0 aliphatic heterocycles. The second kappa shape index (κ2) is 8.18. The largest absolute Gasteiger partial charge is 0.436 e. The number of nitro groups is 1. The van der Waals surface area contributed by atoms with E-state index in [1.807, 2.05) is 24.3 Å². The zero-order valence-electron chi connectivity index (χ0n) is 15.4. The van der Waals surface area contributed by atoms with Crippen LogP contribution < -0.4 is 5.73 Å². The van der Waals surface area contributed by atoms with E-state index in [0.29, 0.717) is 36.3 Å². The third kappa shape index (κ3) is 4.34. The van der Waals surface area contributed by atoms with Crippen LogP contribution in [0.4, 0.5) is 5.69 Å². The van der Waals surface area contributed by atoms with Crippen molar-refractivity contribution in [3.63, 3.8) is 0 Å². The molecule has 3 rings (SSSR count). The van der Waals surface area contributed by atoms with Gasteiger partial charge in [0.15, 0.2) is 5.58 Å². The molecule has 0 aliphatic carbocycles. The number of non-ortho nitro benzene ring substituents is 1. The average Bonchev–Trinajstić information content (AvgIpc) is 3.09. The lowest BCUT2D eigenvalue weighted by Gasteiger charge is -2.14. The number of hydrogen-bond donors (Lipinski definition) is 2. The smallest absolute Gasteiger partial charge is 0.271 e. The monoisotopic (exact) mass is 383 g/mol. The summed E-state index contributed by atoms with van der Waals surface area (Å²) in [5, 5.41) is 21.1. The average molecular weight is 383 g/mol. The normalized spacial score (nSPS) is 13.4. The molecule has 3 aromatic rings. The summed E-state index contributed by atoms with van der Waals surface area (Å²) in [5.74, 6) is -0.454. The molecule has 3 N–H and O–H groups in total. The predicted molar refractivity (Wildman–Crippen MR) is 103 cm³/mol. The van der Waals surface area contributed by atoms with Gasteiger partial charge in [0.1, 0.15) is 5.52 Å². The van der Waals surface area contributed by atoms with Crippen molar-refractivity contribution in [1.82, 2.24) is 4.98 Å². The molecule has 146 valence electrons. The highest BCUT2D eigenvalue weighted by Crippen LogP contribution is 2.29. The molecular formula is C20H21N3O5. The van der Waals surface area contributed by atoms with Gasteiger partial charge in [-0.25, -0.2) is 4.98 Å². The van der Waals surface area contributed by atoms with E-state index in [9.17, 15) is 20.0 Å². The number of aromatic nitrogens is 1. The van der Waals surface area contributed by atoms with Gasteiger partial charge in [0.05, 0.1) is 11.0 Å². The molecule has 0 fully saturated rings. The van der Waals surface area contributed by atoms with Crippen molar-refractivity contribution < 1.29 is 19.2 Å². The number of primary amides is 1. The second-order valence-electron chi connectivity index (χ2n) is 6.82. The van der Waals surface area contributed by atoms with Gasteiger partial charge in [0, 0.05) is 23.6 Å². The number of oxazole rings is 1. The van der Waals surface area contributed by atoms with Crippen LogP contribution in [-0.4, -0.2) is 27.0 Å². The van der Waals surface area contributed by atoms with Gasteiger partial charge >= 0.3 is 0 Å². The number of aliphatic hydroxyl groups is 1. The van der Waals surface area contributed by atoms with Gasteiger partial charge in [-0.2, -0.15) is 0 Å². The van der Waals surface area contributed by atoms with Gasteiger partial charge in [-0.15, -0.1) is 0 Å². The van der Waals surface area contributed by atoms with Crippen LogP contribution in [0.3, 0.4) is 0 Å². The molecule has 8 heteroatoms. The van der Waals surface area contributed by atoms with Crippen LogP contribution in [0.2, 0.25) is 0 Å². The Kier molecular flexibility index (Phi) is 5.70. The Balaban J connectivity index is 1.81. The van der Waals surface area contributed by atoms with Crippen LogP contribution in [0.5, 0.6) is 0 Å². The van der Waals surface area contributed by atoms with Crippen LogP contribution in [-0.2, 0) is 11.2 Å². The Morgan fingerprint density at radius 1 is 1.32 bits per heavy atom. The Labute approximate surface area is 161 Å². The fraction of sp³-hybridized carbons (Fsp3) is 0.300. The standard InChI is InChI=1S/C20H21N3O5/c1-12(19(21)25)10-15(24)8-6-13-4-2-3-5-16(13)20-22-17-11-14(23(26)27)7-9-18(17)28-20/h2-5,7,9,11-12,15,24H,6,8,10H2,1H3,(H2,21,25). The number of rotatable bonds is 8. The summed E-state index contributed by atoms with van der Waals surface area (Å²) in [4.78, 5) is 26.0. The summed E-state index contributed by atoms with van der Waals surface area (Å²) in [5.41, 5.74) is 7.76. The number of nitrogens with zero attached hydrogens (tertiary/aromatic N) is 2. The number of aryl methyl sites for hydroxylation is 1. The molecule has 1 amide bonds. The minimum absolute atomic E-state index is 0.0488. The predicted octanol–water partition coefficient (Wildman–Crippen LogP) is 3.21. The van der Waals surface area contributed by atoms with Gasteiger partial charge in [0.25, 0.3) is 5.69 Å². The fourth-order valence-corrected chi connectivity index (χ4v) is 3.06. The van der Waals surface area contributed by atoms with Gasteiger partial charge in [-0.3, -0.25) is 14.9 Å². The summed E-state index contributed by atoms with van der Waals surface area (Å²) in [6.07, 6.45) is 0.674. The molecule has 8 nitrogen and oxygen atoms in total. The highest BCUT2D eigenvalue weighted by molar-refractivity contribution is 5.79. The molecule has 2 unspecified atom stereocenters. The zero-order valence-corrected chi connectivity index (χ0v) is 15.4. The summed E-state index contributed by atoms with van der Waals surface area (Å²) in [7, 11) is 0. The molecule has 0 saturated carbocycles. The molecule has 0 spiro atoms. The van der Waals surface area contributed by atoms with E-state index in [1.165, 1.54) is 18.2 Å². The van der Waals surface area contributed by atoms with Crippen LogP contribution in [0.15, 0.2) is 46.9 Å². The lowest BCUT2D eigenvalue weighted by atomic mass is 9.96. The summed E-state index contributed by atoms with van der Waals surface area (Å²) in [6, 6.07) is 11.8. The van der Waals surface area contributed by atoms with Crippen LogP contribution in [0.25, 0.3) is 22.6 Å². The number of benzene rings is 2. The molecule has 0 aliphatic rings. The van der Waals surface area contributed by atoms with Crippen molar-refractivity contribution in [2.24, 2.45) is 11.7 Å². The van der Waals surface area contributed by atoms with Crippen molar-refractivity contribution in [3.05, 3.63) is 58.1 Å². The number of nitrogens with two attached hydrogens (primary N) is 1. The first-order chi connectivity index (χ1) is 13.3. The van der Waals surface area contributed by atoms with E-state index < -0.39 is 22.9 Å². The quantitative estimate of drug-likeness (QED) is 0.453. The van der Waals surface area contributed by atoms with Gasteiger partial charge < -0.3 is 15.3 Å². The van der Waals surface area contributed by atoms with Crippen molar-refractivity contribution in [1.29, 1.82) is 0 Å². The second-order valence-corrected chi connectivity index (χ2v) is 6.82. The number of nitro benzene ring substituents is 1. The molecule has 0 bridgehead atoms. The number of carbonyl (C=O) groups is 1. The minimum atomic E-state index is -0.651. The lowest BCUT2D eigenvalue weighted by Crippen LogP contribution is -2.25. The highest BCUT2D eigenvalue weighted by Gasteiger charge is 2.18. The van der Waals surface area contributed by atoms with Crippen LogP contribution in [0, 0.1) is 16.0 Å². The number of carbonyl (C=O) groups excluding carboxylic acids is 1. The molecule has 1 heterocycles. The van der Waals surface area contributed by atoms with E-state index in [1.54, 1.807) is 6.92 Å². The Morgan fingerprint density at radius 2 is 2.07 bits per heavy atom. The van der Waals surface area contributed by atoms with E-state index >= 15 is 0 Å². The van der Waals surface area contributed by atoms with Crippen LogP contribution >= 0.6 is 0 Å². The number of hydrogen-bond acceptors (Lipinski definition) is 6. The van der Waals surface area contributed by atoms with Gasteiger partial charge in [-0.05, 0) is 37.0 Å². The Bertz CT molecular complexity index is 1010. The fourth-order valence-electron chi connectivity index (χ4n) is 3.06. The first-order valence-corrected chi connectivity index (χ1v) is 8.95. The summed E-state index contributed by atoms with van der Waals surface area (Å²) < 4.78 is 5.77. The summed E-state index contributed by atoms with van der Waals surface area (Å²) >= 11 is 0. The molecule has 2 aromatic carbocycles. The third-order valence-electron chi connectivity index (χ3n) is 4.69. The van der Waals surface area contributed by atoms with E-state index in [0.717, 1.165) is 11.1 Å². The topological polar surface area (TPSA) is 132 Å². The summed E-state index contributed by atoms with van der Waals surface area (Å²) in [6.45, 7) is 1.69. The maximum Gasteiger partial charge on any atom is 0.271 e. The number of aliphatic hydroxyl groups excluding tert-OH is 1. The minimum Gasteiger partial charge on any atom is -0.436 e. The van der Waals surface area contributed by atoms with Crippen molar-refractivity contribution in [3.8, 4) is 11.5 Å². The highest BCUT2D eigenvalue weighted by atomic mass is 16.6. The first kappa shape index (κ1) is 19.5. The molecule has 0 saturated heterocycles. The number of amides is 1. The molecule has 1 aromatic heterocycles. The van der Waals surface area contributed by atoms with E-state index in [-0.39, 0.29) is 5.69 Å². The Hall–Kier alpha value is -3.26. The van der Waals surface area contributed by atoms with E-state index in [4.69, 9.17) is 10.2 Å². The van der Waals surface area contributed by atoms with E-state index in [2.05, 4.69) is 4.98 Å². The SMILES string of the molecule is CC(CC(O)CCc1ccccc1-c1nc2cc([N+](=O)[O-])ccc2o1)C(N)=O. The molecule has 28 heavy (non-hydrogen) atoms. The Morgan fingerprint density at radius 3 is 2.79 bits per heavy atom. The first-order valence-electron chi connectivity index (χ1n) is 8.95. The third-order valence-corrected chi connectivity index (χ3v) is 4.69. The van der Waals surface area contributed by atoms with Crippen molar-refractivity contribution in [2.75, 3.05) is 0 Å². The molecule has 0 radical (unpaired) electrons. The van der Waals surface area contributed by atoms with Crippen molar-refractivity contribution in [2.45, 2.75) is 32.3 Å². The lowest BCUT2D eigenvalue weighted by molar-refractivity contribution is -0.384. The van der Waals surface area contributed by atoms with Crippen molar-refractivity contribution >= 4 is 22.7 Å². The molecular weight excluding hydrogens is 362 g/mol. The number of fused-ring (bicyclic) bond motifs is 1. The molecule has 2 atom stereocenters. The maximum atomic E-state index is 11.1. The van der Waals surface area contributed by atoms with Gasteiger partial charge in [0.2, 0.25) is 11.8 Å². The van der Waals surface area contributed by atoms with Gasteiger partial charge in [-0.1, -0.05) is 25.1 Å². The zero-order chi connectivity index (χ0) is 20.3. The maximum absolute atomic E-state index is 11.1.